The van der Waals surface area contributed by atoms with Gasteiger partial charge in [0, 0.05) is 29.1 Å². The average molecular weight is 533 g/mol. The Kier molecular flexibility index (Phi) is 9.89. The summed E-state index contributed by atoms with van der Waals surface area (Å²) in [5.74, 6) is -0.803. The highest BCUT2D eigenvalue weighted by atomic mass is 32.2. The first kappa shape index (κ1) is 28.5. The van der Waals surface area contributed by atoms with Gasteiger partial charge in [0.1, 0.15) is 6.04 Å². The third-order valence-corrected chi connectivity index (χ3v) is 9.95. The molecule has 1 aliphatic rings. The molecule has 0 fully saturated rings. The highest BCUT2D eigenvalue weighted by Crippen LogP contribution is 2.46. The van der Waals surface area contributed by atoms with E-state index in [-0.39, 0.29) is 17.7 Å². The summed E-state index contributed by atoms with van der Waals surface area (Å²) in [6.07, 6.45) is 7.77. The molecule has 2 N–H and O–H groups in total. The van der Waals surface area contributed by atoms with Crippen molar-refractivity contribution in [1.29, 1.82) is 0 Å². The van der Waals surface area contributed by atoms with Crippen LogP contribution in [0, 0.1) is 5.41 Å². The van der Waals surface area contributed by atoms with E-state index in [1.807, 2.05) is 30.5 Å². The quantitative estimate of drug-likeness (QED) is 0.312. The number of fused-ring (bicyclic) bond motifs is 1. The molecule has 0 bridgehead atoms. The monoisotopic (exact) mass is 532 g/mol. The second kappa shape index (κ2) is 12.5. The number of aliphatic carboxylic acids is 1. The number of sulfone groups is 1. The lowest BCUT2D eigenvalue weighted by molar-refractivity contribution is -0.139. The number of thioether (sulfide) groups is 1. The maximum Gasteiger partial charge on any atom is 0.320 e. The van der Waals surface area contributed by atoms with Gasteiger partial charge in [0.2, 0.25) is 0 Å². The molecule has 2 aromatic carbocycles. The zero-order valence-electron chi connectivity index (χ0n) is 21.9. The van der Waals surface area contributed by atoms with Crippen molar-refractivity contribution in [3.05, 3.63) is 48.0 Å². The van der Waals surface area contributed by atoms with Gasteiger partial charge in [0.15, 0.2) is 9.84 Å². The number of nitrogens with zero attached hydrogens (tertiary/aromatic N) is 1. The van der Waals surface area contributed by atoms with Crippen LogP contribution in [0.2, 0.25) is 0 Å². The number of anilines is 2. The van der Waals surface area contributed by atoms with Crippen LogP contribution in [0.15, 0.2) is 52.3 Å². The number of hydrogen-bond donors (Lipinski definition) is 2. The fraction of sp³-hybridized carbons (Fsp3) is 0.536. The topological polar surface area (TPSA) is 86.7 Å². The predicted octanol–water partition coefficient (Wildman–Crippen LogP) is 6.26. The minimum atomic E-state index is -3.59. The van der Waals surface area contributed by atoms with Crippen molar-refractivity contribution in [2.45, 2.75) is 81.7 Å². The van der Waals surface area contributed by atoms with Gasteiger partial charge in [-0.3, -0.25) is 4.79 Å². The number of rotatable bonds is 12. The van der Waals surface area contributed by atoms with Gasteiger partial charge in [0.05, 0.1) is 16.3 Å². The summed E-state index contributed by atoms with van der Waals surface area (Å²) in [5, 5.41) is 12.3. The summed E-state index contributed by atoms with van der Waals surface area (Å²) in [4.78, 5) is 14.8. The Morgan fingerprint density at radius 3 is 2.33 bits per heavy atom. The summed E-state index contributed by atoms with van der Waals surface area (Å²) in [7, 11) is -3.59. The van der Waals surface area contributed by atoms with E-state index in [1.165, 1.54) is 0 Å². The number of carboxylic acid groups (broad SMARTS) is 1. The zero-order chi connectivity index (χ0) is 26.3. The lowest BCUT2D eigenvalue weighted by Gasteiger charge is -2.37. The van der Waals surface area contributed by atoms with Crippen LogP contribution in [0.1, 0.15) is 64.9 Å². The smallest absolute Gasteiger partial charge is 0.320 e. The molecule has 3 rings (SSSR count). The third kappa shape index (κ3) is 6.64. The first-order chi connectivity index (χ1) is 17.2. The van der Waals surface area contributed by atoms with E-state index in [0.29, 0.717) is 11.4 Å². The summed E-state index contributed by atoms with van der Waals surface area (Å²) in [5.41, 5.74) is 2.18. The molecule has 8 heteroatoms. The second-order valence-corrected chi connectivity index (χ2v) is 12.8. The molecule has 0 unspecified atom stereocenters. The first-order valence-electron chi connectivity index (χ1n) is 12.9. The van der Waals surface area contributed by atoms with Gasteiger partial charge in [-0.2, -0.15) is 0 Å². The predicted molar refractivity (Wildman–Crippen MR) is 149 cm³/mol. The van der Waals surface area contributed by atoms with Gasteiger partial charge in [0.25, 0.3) is 0 Å². The van der Waals surface area contributed by atoms with Crippen LogP contribution >= 0.6 is 11.8 Å². The van der Waals surface area contributed by atoms with Crippen LogP contribution in [0.3, 0.4) is 0 Å². The number of hydrogen-bond acceptors (Lipinski definition) is 6. The average Bonchev–Trinajstić information content (AvgIpc) is 2.96. The largest absolute Gasteiger partial charge is 0.480 e. The number of unbranched alkanes of at least 4 members (excludes halogenated alkanes) is 2. The van der Waals surface area contributed by atoms with Crippen molar-refractivity contribution >= 4 is 38.9 Å². The van der Waals surface area contributed by atoms with Crippen LogP contribution in [0.4, 0.5) is 11.4 Å². The zero-order valence-corrected chi connectivity index (χ0v) is 23.6. The fourth-order valence-electron chi connectivity index (χ4n) is 5.05. The molecular formula is C28H40N2O4S2. The molecular weight excluding hydrogens is 492 g/mol. The summed E-state index contributed by atoms with van der Waals surface area (Å²) in [6, 6.07) is 13.1. The lowest BCUT2D eigenvalue weighted by Crippen LogP contribution is -2.38. The van der Waals surface area contributed by atoms with Crippen molar-refractivity contribution in [3.63, 3.8) is 0 Å². The molecule has 0 spiro atoms. The molecule has 0 aromatic heterocycles. The van der Waals surface area contributed by atoms with Crippen LogP contribution in [-0.4, -0.2) is 44.1 Å². The Morgan fingerprint density at radius 1 is 1.14 bits per heavy atom. The number of carbonyl (C=O) groups is 1. The number of nitrogens with one attached hydrogen (secondary N) is 1. The Balaban J connectivity index is 2.19. The van der Waals surface area contributed by atoms with Crippen molar-refractivity contribution < 1.29 is 18.3 Å². The molecule has 36 heavy (non-hydrogen) atoms. The minimum Gasteiger partial charge on any atom is -0.480 e. The number of benzene rings is 2. The molecule has 0 amide bonds. The summed E-state index contributed by atoms with van der Waals surface area (Å²) >= 11 is 1.55. The molecule has 6 nitrogen and oxygen atoms in total. The Labute approximate surface area is 220 Å². The van der Waals surface area contributed by atoms with Crippen molar-refractivity contribution in [2.75, 3.05) is 23.5 Å². The summed E-state index contributed by atoms with van der Waals surface area (Å²) < 4.78 is 28.1. The van der Waals surface area contributed by atoms with Crippen molar-refractivity contribution in [2.24, 2.45) is 5.41 Å². The molecule has 198 valence electrons. The van der Waals surface area contributed by atoms with Gasteiger partial charge >= 0.3 is 5.97 Å². The van der Waals surface area contributed by atoms with Crippen LogP contribution in [0.25, 0.3) is 0 Å². The van der Waals surface area contributed by atoms with Gasteiger partial charge in [-0.05, 0) is 55.9 Å². The van der Waals surface area contributed by atoms with E-state index in [0.717, 1.165) is 60.4 Å². The van der Waals surface area contributed by atoms with Crippen LogP contribution < -0.4 is 10.2 Å². The molecule has 0 saturated carbocycles. The molecule has 1 heterocycles. The van der Waals surface area contributed by atoms with Gasteiger partial charge in [-0.15, -0.1) is 11.8 Å². The number of carboxylic acids is 1. The van der Waals surface area contributed by atoms with E-state index in [4.69, 9.17) is 0 Å². The third-order valence-electron chi connectivity index (χ3n) is 7.14. The summed E-state index contributed by atoms with van der Waals surface area (Å²) in [6.45, 7) is 6.85. The first-order valence-corrected chi connectivity index (χ1v) is 15.8. The van der Waals surface area contributed by atoms with E-state index in [1.54, 1.807) is 24.8 Å². The maximum atomic E-state index is 14.1. The molecule has 2 aromatic rings. The minimum absolute atomic E-state index is 0.132. The van der Waals surface area contributed by atoms with Crippen LogP contribution in [-0.2, 0) is 21.2 Å². The normalized spacial score (nSPS) is 17.3. The fourth-order valence-corrected chi connectivity index (χ4v) is 7.82. The SMILES string of the molecule is CCCCC1(CCCC)CN(c2ccccc2)c2cc(SC)c(CN[C@@H](C)C(=O)O)cc2S(=O)(=O)C1. The molecule has 0 aliphatic carbocycles. The lowest BCUT2D eigenvalue weighted by atomic mass is 9.79. The van der Waals surface area contributed by atoms with E-state index >= 15 is 0 Å². The van der Waals surface area contributed by atoms with E-state index in [9.17, 15) is 18.3 Å². The van der Waals surface area contributed by atoms with E-state index < -0.39 is 21.8 Å². The Morgan fingerprint density at radius 2 is 1.78 bits per heavy atom. The molecule has 1 aliphatic heterocycles. The van der Waals surface area contributed by atoms with Gasteiger partial charge in [-0.1, -0.05) is 57.7 Å². The van der Waals surface area contributed by atoms with Crippen molar-refractivity contribution in [1.82, 2.24) is 5.32 Å². The van der Waals surface area contributed by atoms with Gasteiger partial charge in [-0.25, -0.2) is 8.42 Å². The maximum absolute atomic E-state index is 14.1. The van der Waals surface area contributed by atoms with Crippen LogP contribution in [0.5, 0.6) is 0 Å². The second-order valence-electron chi connectivity index (χ2n) is 9.96. The number of para-hydroxylation sites is 1. The molecule has 0 radical (unpaired) electrons. The Hall–Kier alpha value is -2.03. The highest BCUT2D eigenvalue weighted by molar-refractivity contribution is 7.98. The Bertz CT molecular complexity index is 1130. The van der Waals surface area contributed by atoms with Gasteiger partial charge < -0.3 is 15.3 Å². The highest BCUT2D eigenvalue weighted by Gasteiger charge is 2.42. The standard InChI is InChI=1S/C28H40N2O4S2/c1-5-7-14-28(15-8-6-2)19-30(23-12-10-9-11-13-23)24-17-25(35-4)22(18-29-21(3)27(31)32)16-26(24)36(33,34)20-28/h9-13,16-17,21,29H,5-8,14-15,18-20H2,1-4H3,(H,31,32)/t21-/m0/s1. The molecule has 1 atom stereocenters. The van der Waals surface area contributed by atoms with Crippen molar-refractivity contribution in [3.8, 4) is 0 Å². The van der Waals surface area contributed by atoms with E-state index in [2.05, 4.69) is 36.2 Å². The molecule has 0 saturated heterocycles.